The number of carbonyl (C=O) groups excluding carboxylic acids is 2. The highest BCUT2D eigenvalue weighted by Crippen LogP contribution is 2.38. The van der Waals surface area contributed by atoms with Crippen molar-refractivity contribution in [2.24, 2.45) is 10.3 Å². The first-order chi connectivity index (χ1) is 20.4. The van der Waals surface area contributed by atoms with Gasteiger partial charge < -0.3 is 20.3 Å². The molecule has 0 radical (unpaired) electrons. The van der Waals surface area contributed by atoms with Gasteiger partial charge in [0.1, 0.15) is 5.82 Å². The van der Waals surface area contributed by atoms with Gasteiger partial charge in [-0.15, -0.1) is 0 Å². The third kappa shape index (κ3) is 6.28. The number of Topliss-reactive ketones (excluding diaryl/α,β-unsaturated/α-hetero) is 1. The summed E-state index contributed by atoms with van der Waals surface area (Å²) in [6.07, 6.45) is 5.21. The Bertz CT molecular complexity index is 1640. The summed E-state index contributed by atoms with van der Waals surface area (Å²) in [4.78, 5) is 40.5. The summed E-state index contributed by atoms with van der Waals surface area (Å²) in [6, 6.07) is 6.78. The molecule has 1 saturated heterocycles. The van der Waals surface area contributed by atoms with Crippen LogP contribution in [-0.4, -0.2) is 74.5 Å². The molecule has 3 heterocycles. The summed E-state index contributed by atoms with van der Waals surface area (Å²) in [5.41, 5.74) is 1.83. The number of aromatic nitrogens is 3. The van der Waals surface area contributed by atoms with Crippen LogP contribution in [0.5, 0.6) is 5.75 Å². The molecule has 1 aliphatic carbocycles. The van der Waals surface area contributed by atoms with E-state index in [0.717, 1.165) is 12.8 Å². The van der Waals surface area contributed by atoms with E-state index < -0.39 is 28.8 Å². The van der Waals surface area contributed by atoms with Crippen LogP contribution in [0.25, 0.3) is 11.3 Å². The molecule has 2 aromatic heterocycles. The number of nitrogens with zero attached hydrogens (tertiary/aromatic N) is 5. The number of hydrogen-bond acceptors (Lipinski definition) is 10. The van der Waals surface area contributed by atoms with Crippen LogP contribution in [0.1, 0.15) is 40.6 Å². The Morgan fingerprint density at radius 2 is 1.95 bits per heavy atom. The molecule has 0 bridgehead atoms. The van der Waals surface area contributed by atoms with E-state index in [2.05, 4.69) is 34.8 Å². The van der Waals surface area contributed by atoms with Gasteiger partial charge in [0.2, 0.25) is 5.91 Å². The first kappa shape index (κ1) is 23.9. The minimum absolute atomic E-state index is 0.0571. The number of carbonyl (C=O) groups is 2. The van der Waals surface area contributed by atoms with Crippen molar-refractivity contribution >= 4 is 44.4 Å². The molecule has 3 aromatic rings. The first-order valence-corrected chi connectivity index (χ1v) is 14.8. The van der Waals surface area contributed by atoms with Crippen molar-refractivity contribution in [3.8, 4) is 17.0 Å². The van der Waals surface area contributed by atoms with Crippen molar-refractivity contribution in [1.82, 2.24) is 19.9 Å². The molecule has 40 heavy (non-hydrogen) atoms. The molecule has 210 valence electrons. The largest absolute Gasteiger partial charge is 0.494 e. The van der Waals surface area contributed by atoms with E-state index in [0.29, 0.717) is 53.1 Å². The van der Waals surface area contributed by atoms with Crippen LogP contribution >= 0.6 is 0 Å². The molecular formula is C28H33N7O4S. The van der Waals surface area contributed by atoms with Crippen LogP contribution < -0.4 is 15.4 Å². The summed E-state index contributed by atoms with van der Waals surface area (Å²) in [5, 5.41) is 5.93. The van der Waals surface area contributed by atoms with Crippen molar-refractivity contribution in [2.75, 3.05) is 49.4 Å². The van der Waals surface area contributed by atoms with E-state index in [1.165, 1.54) is 31.8 Å². The second kappa shape index (κ2) is 11.7. The van der Waals surface area contributed by atoms with Gasteiger partial charge in [-0.05, 0) is 32.0 Å². The molecule has 0 atom stereocenters. The van der Waals surface area contributed by atoms with Crippen molar-refractivity contribution < 1.29 is 22.6 Å². The summed E-state index contributed by atoms with van der Waals surface area (Å²) in [7, 11) is 1.08. The third-order valence-electron chi connectivity index (χ3n) is 6.81. The molecule has 11 nitrogen and oxygen atoms in total. The van der Waals surface area contributed by atoms with Gasteiger partial charge in [-0.1, -0.05) is 12.9 Å². The zero-order chi connectivity index (χ0) is 30.8. The molecule has 2 fully saturated rings. The second-order valence-electron chi connectivity index (χ2n) is 9.83. The maximum Gasteiger partial charge on any atom is 0.228 e. The van der Waals surface area contributed by atoms with E-state index in [1.54, 1.807) is 18.2 Å². The van der Waals surface area contributed by atoms with Gasteiger partial charge in [0.15, 0.2) is 17.4 Å². The van der Waals surface area contributed by atoms with Gasteiger partial charge in [0, 0.05) is 58.9 Å². The third-order valence-corrected chi connectivity index (χ3v) is 8.97. The van der Waals surface area contributed by atoms with E-state index >= 15 is 0 Å². The zero-order valence-corrected chi connectivity index (χ0v) is 23.2. The predicted octanol–water partition coefficient (Wildman–Crippen LogP) is 4.28. The number of hydrogen-bond donors (Lipinski definition) is 2. The molecule has 12 heteroatoms. The smallest absolute Gasteiger partial charge is 0.228 e. The predicted molar refractivity (Wildman–Crippen MR) is 155 cm³/mol. The number of amides is 1. The fraction of sp³-hybridized carbons (Fsp3) is 0.393. The Balaban J connectivity index is 1.45. The Labute approximate surface area is 238 Å². The summed E-state index contributed by atoms with van der Waals surface area (Å²) >= 11 is 0. The van der Waals surface area contributed by atoms with Gasteiger partial charge >= 0.3 is 0 Å². The zero-order valence-electron chi connectivity index (χ0n) is 25.3. The summed E-state index contributed by atoms with van der Waals surface area (Å²) < 4.78 is 45.9. The first-order valence-electron chi connectivity index (χ1n) is 14.4. The number of rotatable bonds is 9. The van der Waals surface area contributed by atoms with E-state index in [4.69, 9.17) is 8.85 Å². The lowest BCUT2D eigenvalue weighted by Crippen LogP contribution is -2.37. The van der Waals surface area contributed by atoms with E-state index in [1.807, 2.05) is 7.05 Å². The minimum Gasteiger partial charge on any atom is -0.494 e. The highest BCUT2D eigenvalue weighted by molar-refractivity contribution is 7.93. The molecule has 5 rings (SSSR count). The maximum atomic E-state index is 13.1. The number of nitrogens with one attached hydrogen (secondary N) is 2. The standard InChI is InChI=1S/C28H33N7O4S/c1-4-24(36)20-15-30-25(33-28(37)18-8-9-18)14-22(20)32-21-7-5-6-19(27(21)39-3)23-16-31-26(17-29-23)34-40(38)12-10-35(2)11-13-40/h5-7,14-18H,4,8-13H2,1-3H3,(H2,30,32,33,37)/i1D3. The SMILES string of the molecule is [2H]C([2H])([2H])CC(=O)c1cnc(NC(=O)C2CC2)cc1Nc1cccc(-c2cnc(N=S3(=O)CCN(C)CC3)cn2)c1OC. The number of ether oxygens (including phenoxy) is 1. The lowest BCUT2D eigenvalue weighted by Gasteiger charge is -2.24. The number of anilines is 3. The normalized spacial score (nSPS) is 18.1. The molecule has 0 spiro atoms. The van der Waals surface area contributed by atoms with Crippen molar-refractivity contribution in [2.45, 2.75) is 26.1 Å². The lowest BCUT2D eigenvalue weighted by molar-refractivity contribution is -0.117. The highest BCUT2D eigenvalue weighted by Gasteiger charge is 2.30. The number of ketones is 1. The number of methoxy groups -OCH3 is 1. The fourth-order valence-electron chi connectivity index (χ4n) is 4.30. The molecule has 0 unspecified atom stereocenters. The van der Waals surface area contributed by atoms with E-state index in [-0.39, 0.29) is 28.9 Å². The Morgan fingerprint density at radius 3 is 2.62 bits per heavy atom. The van der Waals surface area contributed by atoms with E-state index in [9.17, 15) is 13.8 Å². The lowest BCUT2D eigenvalue weighted by atomic mass is 10.1. The Kier molecular flexibility index (Phi) is 6.99. The van der Waals surface area contributed by atoms with Crippen molar-refractivity contribution in [3.63, 3.8) is 0 Å². The monoisotopic (exact) mass is 566 g/mol. The topological polar surface area (TPSA) is 139 Å². The van der Waals surface area contributed by atoms with Crippen LogP contribution in [0.2, 0.25) is 0 Å². The van der Waals surface area contributed by atoms with Crippen LogP contribution in [0.3, 0.4) is 0 Å². The van der Waals surface area contributed by atoms with Gasteiger partial charge in [-0.3, -0.25) is 14.6 Å². The van der Waals surface area contributed by atoms with Gasteiger partial charge in [0.05, 0.1) is 51.9 Å². The van der Waals surface area contributed by atoms with Crippen LogP contribution in [0.4, 0.5) is 23.0 Å². The number of para-hydroxylation sites is 1. The van der Waals surface area contributed by atoms with Gasteiger partial charge in [-0.2, -0.15) is 4.36 Å². The summed E-state index contributed by atoms with van der Waals surface area (Å²) in [5.74, 6) is 1.02. The van der Waals surface area contributed by atoms with Crippen molar-refractivity contribution in [1.29, 1.82) is 0 Å². The van der Waals surface area contributed by atoms with Crippen molar-refractivity contribution in [3.05, 3.63) is 48.4 Å². The quantitative estimate of drug-likeness (QED) is 0.363. The molecule has 1 amide bonds. The second-order valence-corrected chi connectivity index (χ2v) is 12.4. The minimum atomic E-state index is -2.47. The number of benzene rings is 1. The molecule has 1 aromatic carbocycles. The number of pyridine rings is 1. The molecule has 1 aliphatic heterocycles. The van der Waals surface area contributed by atoms with Gasteiger partial charge in [0.25, 0.3) is 0 Å². The van der Waals surface area contributed by atoms with Crippen LogP contribution in [0.15, 0.2) is 47.2 Å². The Morgan fingerprint density at radius 1 is 1.15 bits per heavy atom. The average Bonchev–Trinajstić information content (AvgIpc) is 3.80. The molecule has 1 saturated carbocycles. The van der Waals surface area contributed by atoms with Crippen LogP contribution in [0, 0.1) is 5.92 Å². The molecule has 2 N–H and O–H groups in total. The Hall–Kier alpha value is -3.90. The van der Waals surface area contributed by atoms with Crippen LogP contribution in [-0.2, 0) is 14.5 Å². The maximum absolute atomic E-state index is 13.1. The van der Waals surface area contributed by atoms with Gasteiger partial charge in [-0.25, -0.2) is 14.2 Å². The molecule has 2 aliphatic rings. The molecular weight excluding hydrogens is 530 g/mol. The average molecular weight is 567 g/mol. The summed E-state index contributed by atoms with van der Waals surface area (Å²) in [6.45, 7) is -1.05. The fourth-order valence-corrected chi connectivity index (χ4v) is 6.32. The highest BCUT2D eigenvalue weighted by atomic mass is 32.2.